The SMILES string of the molecule is Cc1ccc(NC(=O)Nc2cc(-c3ccc(Cl)cc3C(=O)O)ccc2NC(C(C)C)C2CCCCC2)cc1. The molecule has 0 aliphatic heterocycles. The molecule has 0 aromatic heterocycles. The van der Waals surface area contributed by atoms with E-state index < -0.39 is 5.97 Å². The summed E-state index contributed by atoms with van der Waals surface area (Å²) >= 11 is 6.08. The van der Waals surface area contributed by atoms with E-state index >= 15 is 0 Å². The summed E-state index contributed by atoms with van der Waals surface area (Å²) < 4.78 is 0. The first-order valence-corrected chi connectivity index (χ1v) is 13.7. The summed E-state index contributed by atoms with van der Waals surface area (Å²) in [6.45, 7) is 6.45. The molecule has 0 spiro atoms. The number of carboxylic acids is 1. The number of halogens is 1. The van der Waals surface area contributed by atoms with E-state index in [-0.39, 0.29) is 17.6 Å². The zero-order chi connectivity index (χ0) is 27.2. The van der Waals surface area contributed by atoms with Gasteiger partial charge in [-0.3, -0.25) is 0 Å². The summed E-state index contributed by atoms with van der Waals surface area (Å²) in [6.07, 6.45) is 6.16. The van der Waals surface area contributed by atoms with Gasteiger partial charge in [-0.15, -0.1) is 0 Å². The van der Waals surface area contributed by atoms with Crippen LogP contribution in [0.4, 0.5) is 21.9 Å². The Kier molecular flexibility index (Phi) is 8.95. The molecule has 200 valence electrons. The lowest BCUT2D eigenvalue weighted by Gasteiger charge is -2.35. The Hall–Kier alpha value is -3.51. The van der Waals surface area contributed by atoms with Crippen molar-refractivity contribution in [3.8, 4) is 11.1 Å². The smallest absolute Gasteiger partial charge is 0.336 e. The van der Waals surface area contributed by atoms with Crippen LogP contribution in [0.5, 0.6) is 0 Å². The van der Waals surface area contributed by atoms with Gasteiger partial charge in [0.15, 0.2) is 0 Å². The topological polar surface area (TPSA) is 90.5 Å². The van der Waals surface area contributed by atoms with E-state index in [1.54, 1.807) is 12.1 Å². The minimum Gasteiger partial charge on any atom is -0.478 e. The van der Waals surface area contributed by atoms with E-state index in [9.17, 15) is 14.7 Å². The van der Waals surface area contributed by atoms with Crippen LogP contribution < -0.4 is 16.0 Å². The summed E-state index contributed by atoms with van der Waals surface area (Å²) in [5.74, 6) is -0.0945. The Balaban J connectivity index is 1.69. The van der Waals surface area contributed by atoms with Gasteiger partial charge in [-0.25, -0.2) is 9.59 Å². The second-order valence-corrected chi connectivity index (χ2v) is 10.9. The van der Waals surface area contributed by atoms with Crippen molar-refractivity contribution in [3.05, 3.63) is 76.8 Å². The molecular formula is C31H36ClN3O3. The summed E-state index contributed by atoms with van der Waals surface area (Å²) in [5.41, 5.74) is 4.50. The molecule has 1 saturated carbocycles. The summed E-state index contributed by atoms with van der Waals surface area (Å²) in [4.78, 5) is 25.0. The van der Waals surface area contributed by atoms with Gasteiger partial charge >= 0.3 is 12.0 Å². The number of aryl methyl sites for hydroxylation is 1. The quantitative estimate of drug-likeness (QED) is 0.233. The molecule has 0 bridgehead atoms. The Bertz CT molecular complexity index is 1280. The van der Waals surface area contributed by atoms with Crippen molar-refractivity contribution in [3.63, 3.8) is 0 Å². The lowest BCUT2D eigenvalue weighted by atomic mass is 9.79. The number of rotatable bonds is 8. The predicted octanol–water partition coefficient (Wildman–Crippen LogP) is 8.67. The Morgan fingerprint density at radius 1 is 0.895 bits per heavy atom. The zero-order valence-corrected chi connectivity index (χ0v) is 22.9. The monoisotopic (exact) mass is 533 g/mol. The van der Waals surface area contributed by atoms with Crippen LogP contribution in [0.25, 0.3) is 11.1 Å². The third-order valence-electron chi connectivity index (χ3n) is 7.30. The maximum Gasteiger partial charge on any atom is 0.336 e. The van der Waals surface area contributed by atoms with Gasteiger partial charge in [0.25, 0.3) is 0 Å². The molecule has 1 aliphatic carbocycles. The number of urea groups is 1. The second-order valence-electron chi connectivity index (χ2n) is 10.5. The highest BCUT2D eigenvalue weighted by molar-refractivity contribution is 6.31. The molecule has 0 heterocycles. The molecule has 3 aromatic rings. The van der Waals surface area contributed by atoms with E-state index in [2.05, 4.69) is 29.8 Å². The van der Waals surface area contributed by atoms with Crippen molar-refractivity contribution in [2.75, 3.05) is 16.0 Å². The third kappa shape index (κ3) is 6.87. The summed E-state index contributed by atoms with van der Waals surface area (Å²) in [6, 6.07) is 17.9. The molecule has 4 rings (SSSR count). The molecule has 1 aliphatic rings. The zero-order valence-electron chi connectivity index (χ0n) is 22.2. The average molecular weight is 534 g/mol. The fraction of sp³-hybridized carbons (Fsp3) is 0.355. The van der Waals surface area contributed by atoms with E-state index in [0.29, 0.717) is 39.4 Å². The molecule has 4 N–H and O–H groups in total. The first kappa shape index (κ1) is 27.5. The van der Waals surface area contributed by atoms with Crippen LogP contribution in [0.1, 0.15) is 61.9 Å². The summed E-state index contributed by atoms with van der Waals surface area (Å²) in [5, 5.41) is 19.8. The Labute approximate surface area is 229 Å². The van der Waals surface area contributed by atoms with Crippen LogP contribution in [0.15, 0.2) is 60.7 Å². The number of carbonyl (C=O) groups is 2. The lowest BCUT2D eigenvalue weighted by Crippen LogP contribution is -2.35. The van der Waals surface area contributed by atoms with Crippen molar-refractivity contribution in [2.24, 2.45) is 11.8 Å². The number of hydrogen-bond donors (Lipinski definition) is 4. The molecule has 38 heavy (non-hydrogen) atoms. The number of amides is 2. The van der Waals surface area contributed by atoms with Gasteiger partial charge in [0.05, 0.1) is 16.9 Å². The first-order valence-electron chi connectivity index (χ1n) is 13.3. The number of benzene rings is 3. The van der Waals surface area contributed by atoms with Gasteiger partial charge in [-0.05, 0) is 79.1 Å². The van der Waals surface area contributed by atoms with E-state index in [0.717, 1.165) is 11.3 Å². The molecule has 1 atom stereocenters. The van der Waals surface area contributed by atoms with Gasteiger partial charge in [-0.1, -0.05) is 74.5 Å². The van der Waals surface area contributed by atoms with Crippen molar-refractivity contribution < 1.29 is 14.7 Å². The maximum atomic E-state index is 13.0. The first-order chi connectivity index (χ1) is 18.2. The van der Waals surface area contributed by atoms with Crippen LogP contribution >= 0.6 is 11.6 Å². The molecule has 6 nitrogen and oxygen atoms in total. The fourth-order valence-corrected chi connectivity index (χ4v) is 5.48. The number of hydrogen-bond acceptors (Lipinski definition) is 3. The Morgan fingerprint density at radius 2 is 1.61 bits per heavy atom. The van der Waals surface area contributed by atoms with Gasteiger partial charge < -0.3 is 21.1 Å². The standard InChI is InChI=1S/C31H36ClN3O3/c1-19(2)29(21-7-5-4-6-8-21)34-27-16-11-22(25-15-12-23(32)18-26(25)30(36)37)17-28(27)35-31(38)33-24-13-9-20(3)10-14-24/h9-19,21,29,34H,4-8H2,1-3H3,(H,36,37)(H2,33,35,38). The minimum absolute atomic E-state index is 0.107. The number of anilines is 3. The number of nitrogens with one attached hydrogen (secondary N) is 3. The lowest BCUT2D eigenvalue weighted by molar-refractivity contribution is 0.0697. The van der Waals surface area contributed by atoms with Crippen molar-refractivity contribution in [1.82, 2.24) is 0 Å². The van der Waals surface area contributed by atoms with Gasteiger partial charge in [0.2, 0.25) is 0 Å². The molecule has 1 unspecified atom stereocenters. The van der Waals surface area contributed by atoms with Crippen molar-refractivity contribution in [1.29, 1.82) is 0 Å². The van der Waals surface area contributed by atoms with Gasteiger partial charge in [0, 0.05) is 16.8 Å². The van der Waals surface area contributed by atoms with Crippen LogP contribution in [0.3, 0.4) is 0 Å². The number of carboxylic acid groups (broad SMARTS) is 1. The van der Waals surface area contributed by atoms with Crippen LogP contribution in [0.2, 0.25) is 5.02 Å². The second kappa shape index (κ2) is 12.4. The molecule has 3 aromatic carbocycles. The number of carbonyl (C=O) groups excluding carboxylic acids is 1. The minimum atomic E-state index is -1.06. The fourth-order valence-electron chi connectivity index (χ4n) is 5.31. The number of aromatic carboxylic acids is 1. The largest absolute Gasteiger partial charge is 0.478 e. The molecule has 2 amide bonds. The average Bonchev–Trinajstić information content (AvgIpc) is 2.89. The highest BCUT2D eigenvalue weighted by atomic mass is 35.5. The molecular weight excluding hydrogens is 498 g/mol. The van der Waals surface area contributed by atoms with E-state index in [1.807, 2.05) is 49.4 Å². The molecule has 0 saturated heterocycles. The summed E-state index contributed by atoms with van der Waals surface area (Å²) in [7, 11) is 0. The normalized spacial score (nSPS) is 14.7. The van der Waals surface area contributed by atoms with Gasteiger partial charge in [-0.2, -0.15) is 0 Å². The van der Waals surface area contributed by atoms with Gasteiger partial charge in [0.1, 0.15) is 0 Å². The van der Waals surface area contributed by atoms with Crippen molar-refractivity contribution in [2.45, 2.75) is 58.9 Å². The third-order valence-corrected chi connectivity index (χ3v) is 7.53. The highest BCUT2D eigenvalue weighted by Crippen LogP contribution is 2.36. The maximum absolute atomic E-state index is 13.0. The van der Waals surface area contributed by atoms with Crippen LogP contribution in [-0.2, 0) is 0 Å². The van der Waals surface area contributed by atoms with Crippen LogP contribution in [-0.4, -0.2) is 23.1 Å². The Morgan fingerprint density at radius 3 is 2.26 bits per heavy atom. The van der Waals surface area contributed by atoms with E-state index in [4.69, 9.17) is 11.6 Å². The molecule has 7 heteroatoms. The predicted molar refractivity (Wildman–Crippen MR) is 156 cm³/mol. The highest BCUT2D eigenvalue weighted by Gasteiger charge is 2.27. The molecule has 1 fully saturated rings. The van der Waals surface area contributed by atoms with Crippen molar-refractivity contribution >= 4 is 40.7 Å². The van der Waals surface area contributed by atoms with Crippen LogP contribution in [0, 0.1) is 18.8 Å². The molecule has 0 radical (unpaired) electrons. The van der Waals surface area contributed by atoms with E-state index in [1.165, 1.54) is 38.2 Å².